The topological polar surface area (TPSA) is 52.7 Å². The minimum Gasteiger partial charge on any atom is -0.341 e. The summed E-state index contributed by atoms with van der Waals surface area (Å²) in [5, 5.41) is 2.56. The Kier molecular flexibility index (Phi) is 6.53. The van der Waals surface area contributed by atoms with Crippen molar-refractivity contribution in [1.29, 1.82) is 0 Å². The summed E-state index contributed by atoms with van der Waals surface area (Å²) in [6.07, 6.45) is 1.40. The zero-order valence-electron chi connectivity index (χ0n) is 15.5. The van der Waals surface area contributed by atoms with E-state index in [1.54, 1.807) is 18.0 Å². The van der Waals surface area contributed by atoms with Crippen LogP contribution in [-0.2, 0) is 4.79 Å². The molecule has 1 fully saturated rings. The molecule has 0 saturated carbocycles. The van der Waals surface area contributed by atoms with E-state index < -0.39 is 5.82 Å². The third kappa shape index (κ3) is 5.53. The second-order valence-corrected chi connectivity index (χ2v) is 7.44. The molecule has 1 aliphatic rings. The van der Waals surface area contributed by atoms with Gasteiger partial charge in [-0.05, 0) is 50.0 Å². The lowest BCUT2D eigenvalue weighted by atomic mass is 10.1. The molecule has 6 heteroatoms. The standard InChI is InChI=1S/C19H28FN3O2/c1-13(2)9-18(24)21-17-6-5-15(10-16(17)20)19(25)23(4)12-14-7-8-22(3)11-14/h5-6,10,13-14H,7-9,11-12H2,1-4H3,(H,21,24)/t14-/m0/s1. The number of anilines is 1. The Balaban J connectivity index is 1.98. The van der Waals surface area contributed by atoms with E-state index in [1.165, 1.54) is 12.1 Å². The average Bonchev–Trinajstić information content (AvgIpc) is 2.92. The van der Waals surface area contributed by atoms with Crippen molar-refractivity contribution in [3.63, 3.8) is 0 Å². The monoisotopic (exact) mass is 349 g/mol. The molecule has 1 aromatic carbocycles. The van der Waals surface area contributed by atoms with E-state index in [0.29, 0.717) is 24.4 Å². The fraction of sp³-hybridized carbons (Fsp3) is 0.579. The molecule has 2 rings (SSSR count). The van der Waals surface area contributed by atoms with Crippen LogP contribution in [0.15, 0.2) is 18.2 Å². The summed E-state index contributed by atoms with van der Waals surface area (Å²) >= 11 is 0. The van der Waals surface area contributed by atoms with E-state index >= 15 is 0 Å². The first-order valence-electron chi connectivity index (χ1n) is 8.79. The minimum absolute atomic E-state index is 0.113. The third-order valence-electron chi connectivity index (χ3n) is 4.45. The molecule has 1 atom stereocenters. The number of rotatable bonds is 6. The number of benzene rings is 1. The highest BCUT2D eigenvalue weighted by Gasteiger charge is 2.23. The second kappa shape index (κ2) is 8.43. The van der Waals surface area contributed by atoms with Crippen molar-refractivity contribution in [2.24, 2.45) is 11.8 Å². The molecule has 25 heavy (non-hydrogen) atoms. The zero-order valence-corrected chi connectivity index (χ0v) is 15.5. The summed E-state index contributed by atoms with van der Waals surface area (Å²) in [5.74, 6) is -0.355. The van der Waals surface area contributed by atoms with E-state index in [-0.39, 0.29) is 23.4 Å². The van der Waals surface area contributed by atoms with Crippen LogP contribution in [0, 0.1) is 17.7 Å². The Morgan fingerprint density at radius 1 is 1.40 bits per heavy atom. The van der Waals surface area contributed by atoms with Crippen LogP contribution >= 0.6 is 0 Å². The molecule has 1 N–H and O–H groups in total. The van der Waals surface area contributed by atoms with Crippen LogP contribution in [0.5, 0.6) is 0 Å². The van der Waals surface area contributed by atoms with Crippen molar-refractivity contribution in [2.45, 2.75) is 26.7 Å². The first kappa shape index (κ1) is 19.4. The quantitative estimate of drug-likeness (QED) is 0.859. The fourth-order valence-electron chi connectivity index (χ4n) is 3.19. The van der Waals surface area contributed by atoms with E-state index in [9.17, 15) is 14.0 Å². The number of hydrogen-bond acceptors (Lipinski definition) is 3. The lowest BCUT2D eigenvalue weighted by molar-refractivity contribution is -0.116. The van der Waals surface area contributed by atoms with E-state index in [1.807, 2.05) is 13.8 Å². The van der Waals surface area contributed by atoms with Gasteiger partial charge in [0.2, 0.25) is 5.91 Å². The van der Waals surface area contributed by atoms with Gasteiger partial charge < -0.3 is 15.1 Å². The van der Waals surface area contributed by atoms with Crippen LogP contribution in [0.3, 0.4) is 0 Å². The molecule has 0 spiro atoms. The van der Waals surface area contributed by atoms with Gasteiger partial charge in [-0.15, -0.1) is 0 Å². The normalized spacial score (nSPS) is 17.8. The Morgan fingerprint density at radius 3 is 2.68 bits per heavy atom. The lowest BCUT2D eigenvalue weighted by Gasteiger charge is -2.21. The Hall–Kier alpha value is -1.95. The highest BCUT2D eigenvalue weighted by molar-refractivity contribution is 5.95. The van der Waals surface area contributed by atoms with Gasteiger partial charge in [-0.2, -0.15) is 0 Å². The molecule has 1 aliphatic heterocycles. The molecule has 0 aliphatic carbocycles. The smallest absolute Gasteiger partial charge is 0.253 e. The number of amides is 2. The molecule has 0 radical (unpaired) electrons. The van der Waals surface area contributed by atoms with Gasteiger partial charge in [0, 0.05) is 32.1 Å². The predicted octanol–water partition coefficient (Wildman–Crippen LogP) is 2.83. The fourth-order valence-corrected chi connectivity index (χ4v) is 3.19. The van der Waals surface area contributed by atoms with E-state index in [4.69, 9.17) is 0 Å². The molecule has 0 bridgehead atoms. The Morgan fingerprint density at radius 2 is 2.12 bits per heavy atom. The first-order valence-corrected chi connectivity index (χ1v) is 8.79. The predicted molar refractivity (Wildman–Crippen MR) is 97.0 cm³/mol. The van der Waals surface area contributed by atoms with Crippen molar-refractivity contribution in [3.8, 4) is 0 Å². The van der Waals surface area contributed by atoms with Crippen LogP contribution in [-0.4, -0.2) is 55.3 Å². The van der Waals surface area contributed by atoms with Gasteiger partial charge in [-0.1, -0.05) is 13.8 Å². The molecular weight excluding hydrogens is 321 g/mol. The summed E-state index contributed by atoms with van der Waals surface area (Å²) in [5.41, 5.74) is 0.412. The van der Waals surface area contributed by atoms with Gasteiger partial charge in [-0.25, -0.2) is 4.39 Å². The number of nitrogens with zero attached hydrogens (tertiary/aromatic N) is 2. The zero-order chi connectivity index (χ0) is 18.6. The summed E-state index contributed by atoms with van der Waals surface area (Å²) < 4.78 is 14.2. The average molecular weight is 349 g/mol. The number of likely N-dealkylation sites (tertiary alicyclic amines) is 1. The van der Waals surface area contributed by atoms with Crippen molar-refractivity contribution in [3.05, 3.63) is 29.6 Å². The number of carbonyl (C=O) groups excluding carboxylic acids is 2. The number of hydrogen-bond donors (Lipinski definition) is 1. The van der Waals surface area contributed by atoms with Crippen LogP contribution < -0.4 is 5.32 Å². The highest BCUT2D eigenvalue weighted by atomic mass is 19.1. The third-order valence-corrected chi connectivity index (χ3v) is 4.45. The highest BCUT2D eigenvalue weighted by Crippen LogP contribution is 2.20. The SMILES string of the molecule is CC(C)CC(=O)Nc1ccc(C(=O)N(C)C[C@H]2CCN(C)C2)cc1F. The molecule has 1 aromatic rings. The summed E-state index contributed by atoms with van der Waals surface area (Å²) in [6, 6.07) is 4.22. The first-order chi connectivity index (χ1) is 11.8. The molecule has 5 nitrogen and oxygen atoms in total. The molecule has 1 heterocycles. The minimum atomic E-state index is -0.586. The number of nitrogens with one attached hydrogen (secondary N) is 1. The van der Waals surface area contributed by atoms with Crippen LogP contribution in [0.4, 0.5) is 10.1 Å². The van der Waals surface area contributed by atoms with Gasteiger partial charge in [0.25, 0.3) is 5.91 Å². The molecule has 1 saturated heterocycles. The maximum atomic E-state index is 14.2. The lowest BCUT2D eigenvalue weighted by Crippen LogP contribution is -2.32. The second-order valence-electron chi connectivity index (χ2n) is 7.44. The van der Waals surface area contributed by atoms with Crippen LogP contribution in [0.25, 0.3) is 0 Å². The van der Waals surface area contributed by atoms with Gasteiger partial charge in [0.15, 0.2) is 0 Å². The van der Waals surface area contributed by atoms with Crippen molar-refractivity contribution >= 4 is 17.5 Å². The molecule has 0 aromatic heterocycles. The van der Waals surface area contributed by atoms with Crippen molar-refractivity contribution < 1.29 is 14.0 Å². The molecule has 2 amide bonds. The van der Waals surface area contributed by atoms with Gasteiger partial charge >= 0.3 is 0 Å². The molecular formula is C19H28FN3O2. The van der Waals surface area contributed by atoms with Crippen LogP contribution in [0.2, 0.25) is 0 Å². The summed E-state index contributed by atoms with van der Waals surface area (Å²) in [4.78, 5) is 28.2. The van der Waals surface area contributed by atoms with Crippen LogP contribution in [0.1, 0.15) is 37.0 Å². The maximum absolute atomic E-state index is 14.2. The van der Waals surface area contributed by atoms with E-state index in [0.717, 1.165) is 19.5 Å². The number of carbonyl (C=O) groups is 2. The largest absolute Gasteiger partial charge is 0.341 e. The summed E-state index contributed by atoms with van der Waals surface area (Å²) in [7, 11) is 3.82. The molecule has 0 unspecified atom stereocenters. The van der Waals surface area contributed by atoms with Gasteiger partial charge in [-0.3, -0.25) is 9.59 Å². The van der Waals surface area contributed by atoms with Gasteiger partial charge in [0.05, 0.1) is 5.69 Å². The van der Waals surface area contributed by atoms with E-state index in [2.05, 4.69) is 17.3 Å². The maximum Gasteiger partial charge on any atom is 0.253 e. The summed E-state index contributed by atoms with van der Waals surface area (Å²) in [6.45, 7) is 6.54. The molecule has 138 valence electrons. The number of halogens is 1. The van der Waals surface area contributed by atoms with Gasteiger partial charge in [0.1, 0.15) is 5.82 Å². The Labute approximate surface area is 149 Å². The Bertz CT molecular complexity index is 633. The van der Waals surface area contributed by atoms with Crippen molar-refractivity contribution in [1.82, 2.24) is 9.80 Å². The van der Waals surface area contributed by atoms with Crippen molar-refractivity contribution in [2.75, 3.05) is 39.0 Å².